The lowest BCUT2D eigenvalue weighted by molar-refractivity contribution is 0.472. The van der Waals surface area contributed by atoms with Crippen molar-refractivity contribution in [2.75, 3.05) is 0 Å². The quantitative estimate of drug-likeness (QED) is 0.714. The normalized spacial score (nSPS) is 10.4. The Bertz CT molecular complexity index is 566. The number of alkyl halides is 1. The zero-order valence-electron chi connectivity index (χ0n) is 10.3. The monoisotopic (exact) mass is 308 g/mol. The van der Waals surface area contributed by atoms with Crippen LogP contribution in [-0.4, -0.2) is 0 Å². The predicted octanol–water partition coefficient (Wildman–Crippen LogP) is 5.13. The summed E-state index contributed by atoms with van der Waals surface area (Å²) in [6, 6.07) is 10.5. The van der Waals surface area contributed by atoms with Crippen LogP contribution in [-0.2, 0) is 5.33 Å². The fourth-order valence-electron chi connectivity index (χ4n) is 1.71. The molecule has 2 aromatic rings. The number of aryl methyl sites for hydroxylation is 1. The van der Waals surface area contributed by atoms with E-state index in [-0.39, 0.29) is 5.82 Å². The van der Waals surface area contributed by atoms with E-state index in [1.54, 1.807) is 6.07 Å². The van der Waals surface area contributed by atoms with Crippen LogP contribution in [0, 0.1) is 19.7 Å². The molecular formula is C15H14BrFO. The molecule has 0 aliphatic rings. The van der Waals surface area contributed by atoms with E-state index in [0.717, 1.165) is 16.9 Å². The van der Waals surface area contributed by atoms with Crippen LogP contribution >= 0.6 is 15.9 Å². The van der Waals surface area contributed by atoms with Crippen LogP contribution in [0.1, 0.15) is 16.7 Å². The van der Waals surface area contributed by atoms with Crippen molar-refractivity contribution in [2.24, 2.45) is 0 Å². The summed E-state index contributed by atoms with van der Waals surface area (Å²) < 4.78 is 19.0. The molecule has 1 nitrogen and oxygen atoms in total. The molecule has 0 atom stereocenters. The van der Waals surface area contributed by atoms with E-state index in [1.807, 2.05) is 32.0 Å². The van der Waals surface area contributed by atoms with E-state index >= 15 is 0 Å². The summed E-state index contributed by atoms with van der Waals surface area (Å²) in [4.78, 5) is 0. The van der Waals surface area contributed by atoms with Crippen LogP contribution < -0.4 is 4.74 Å². The molecule has 0 heterocycles. The molecule has 0 spiro atoms. The molecule has 3 heteroatoms. The minimum Gasteiger partial charge on any atom is -0.457 e. The minimum atomic E-state index is -0.252. The van der Waals surface area contributed by atoms with Crippen molar-refractivity contribution in [3.63, 3.8) is 0 Å². The summed E-state index contributed by atoms with van der Waals surface area (Å²) >= 11 is 3.34. The average molecular weight is 309 g/mol. The van der Waals surface area contributed by atoms with Crippen molar-refractivity contribution in [1.29, 1.82) is 0 Å². The van der Waals surface area contributed by atoms with Gasteiger partial charge in [-0.2, -0.15) is 0 Å². The van der Waals surface area contributed by atoms with Gasteiger partial charge in [-0.15, -0.1) is 0 Å². The largest absolute Gasteiger partial charge is 0.457 e. The molecule has 0 aliphatic carbocycles. The number of rotatable bonds is 3. The molecule has 0 N–H and O–H groups in total. The Balaban J connectivity index is 2.37. The van der Waals surface area contributed by atoms with Gasteiger partial charge in [-0.25, -0.2) is 4.39 Å². The number of benzene rings is 2. The van der Waals surface area contributed by atoms with Gasteiger partial charge in [0.15, 0.2) is 0 Å². The Morgan fingerprint density at radius 1 is 1.11 bits per heavy atom. The number of ether oxygens (including phenoxy) is 1. The van der Waals surface area contributed by atoms with Gasteiger partial charge in [0.1, 0.15) is 17.3 Å². The molecule has 0 saturated carbocycles. The summed E-state index contributed by atoms with van der Waals surface area (Å²) in [7, 11) is 0. The highest BCUT2D eigenvalue weighted by atomic mass is 79.9. The summed E-state index contributed by atoms with van der Waals surface area (Å²) in [5, 5.41) is 0.560. The molecule has 18 heavy (non-hydrogen) atoms. The fraction of sp³-hybridized carbons (Fsp3) is 0.200. The van der Waals surface area contributed by atoms with E-state index in [4.69, 9.17) is 4.74 Å². The van der Waals surface area contributed by atoms with Gasteiger partial charge in [0, 0.05) is 10.9 Å². The Hall–Kier alpha value is -1.35. The predicted molar refractivity (Wildman–Crippen MR) is 75.0 cm³/mol. The van der Waals surface area contributed by atoms with Gasteiger partial charge in [-0.05, 0) is 49.2 Å². The number of hydrogen-bond donors (Lipinski definition) is 0. The minimum absolute atomic E-state index is 0.252. The third-order valence-electron chi connectivity index (χ3n) is 2.94. The maximum atomic E-state index is 13.1. The highest BCUT2D eigenvalue weighted by molar-refractivity contribution is 9.08. The van der Waals surface area contributed by atoms with E-state index < -0.39 is 0 Å². The Kier molecular flexibility index (Phi) is 4.02. The second-order valence-corrected chi connectivity index (χ2v) is 4.75. The molecule has 0 unspecified atom stereocenters. The van der Waals surface area contributed by atoms with Crippen LogP contribution in [0.2, 0.25) is 0 Å². The van der Waals surface area contributed by atoms with E-state index in [0.29, 0.717) is 11.1 Å². The molecular weight excluding hydrogens is 295 g/mol. The van der Waals surface area contributed by atoms with E-state index in [9.17, 15) is 4.39 Å². The third-order valence-corrected chi connectivity index (χ3v) is 3.55. The van der Waals surface area contributed by atoms with Gasteiger partial charge < -0.3 is 4.74 Å². The maximum Gasteiger partial charge on any atom is 0.131 e. The highest BCUT2D eigenvalue weighted by Crippen LogP contribution is 2.30. The Labute approximate surface area is 115 Å². The van der Waals surface area contributed by atoms with Crippen LogP contribution in [0.3, 0.4) is 0 Å². The van der Waals surface area contributed by atoms with Gasteiger partial charge in [-0.1, -0.05) is 28.1 Å². The first-order chi connectivity index (χ1) is 8.61. The van der Waals surface area contributed by atoms with Crippen molar-refractivity contribution in [1.82, 2.24) is 0 Å². The van der Waals surface area contributed by atoms with Crippen LogP contribution in [0.25, 0.3) is 0 Å². The fourth-order valence-corrected chi connectivity index (χ4v) is 2.14. The topological polar surface area (TPSA) is 9.23 Å². The van der Waals surface area contributed by atoms with Crippen LogP contribution in [0.5, 0.6) is 11.5 Å². The van der Waals surface area contributed by atoms with Crippen molar-refractivity contribution >= 4 is 15.9 Å². The van der Waals surface area contributed by atoms with Gasteiger partial charge in [0.2, 0.25) is 0 Å². The second-order valence-electron chi connectivity index (χ2n) is 4.19. The summed E-state index contributed by atoms with van der Waals surface area (Å²) in [5.41, 5.74) is 3.08. The van der Waals surface area contributed by atoms with E-state index in [1.165, 1.54) is 17.7 Å². The lowest BCUT2D eigenvalue weighted by Crippen LogP contribution is -1.93. The molecule has 2 rings (SSSR count). The average Bonchev–Trinajstić information content (AvgIpc) is 2.37. The Morgan fingerprint density at radius 3 is 2.61 bits per heavy atom. The standard InChI is InChI=1S/C15H14BrFO/c1-10-4-3-5-14(11(10)2)18-15-7-6-13(17)8-12(15)9-16/h3-8H,9H2,1-2H3. The second kappa shape index (κ2) is 5.53. The van der Waals surface area contributed by atoms with Gasteiger partial charge in [0.25, 0.3) is 0 Å². The Morgan fingerprint density at radius 2 is 1.89 bits per heavy atom. The lowest BCUT2D eigenvalue weighted by atomic mass is 10.1. The van der Waals surface area contributed by atoms with Crippen LogP contribution in [0.15, 0.2) is 36.4 Å². The third kappa shape index (κ3) is 2.72. The molecule has 0 amide bonds. The molecule has 0 aliphatic heterocycles. The molecule has 94 valence electrons. The zero-order chi connectivity index (χ0) is 13.1. The first-order valence-electron chi connectivity index (χ1n) is 5.70. The summed E-state index contributed by atoms with van der Waals surface area (Å²) in [6.45, 7) is 4.06. The lowest BCUT2D eigenvalue weighted by Gasteiger charge is -2.13. The van der Waals surface area contributed by atoms with Crippen molar-refractivity contribution < 1.29 is 9.13 Å². The van der Waals surface area contributed by atoms with Gasteiger partial charge in [0.05, 0.1) is 0 Å². The molecule has 2 aromatic carbocycles. The first-order valence-corrected chi connectivity index (χ1v) is 6.82. The van der Waals surface area contributed by atoms with E-state index in [2.05, 4.69) is 15.9 Å². The first kappa shape index (κ1) is 13.1. The molecule has 0 fully saturated rings. The maximum absolute atomic E-state index is 13.1. The number of hydrogen-bond acceptors (Lipinski definition) is 1. The SMILES string of the molecule is Cc1cccc(Oc2ccc(F)cc2CBr)c1C. The zero-order valence-corrected chi connectivity index (χ0v) is 11.9. The summed E-state index contributed by atoms with van der Waals surface area (Å²) in [6.07, 6.45) is 0. The summed E-state index contributed by atoms with van der Waals surface area (Å²) in [5.74, 6) is 1.24. The molecule has 0 radical (unpaired) electrons. The molecule has 0 aromatic heterocycles. The van der Waals surface area contributed by atoms with Crippen molar-refractivity contribution in [3.8, 4) is 11.5 Å². The van der Waals surface area contributed by atoms with Crippen molar-refractivity contribution in [3.05, 3.63) is 58.9 Å². The van der Waals surface area contributed by atoms with Gasteiger partial charge >= 0.3 is 0 Å². The van der Waals surface area contributed by atoms with Crippen LogP contribution in [0.4, 0.5) is 4.39 Å². The smallest absolute Gasteiger partial charge is 0.131 e. The highest BCUT2D eigenvalue weighted by Gasteiger charge is 2.08. The van der Waals surface area contributed by atoms with Gasteiger partial charge in [-0.3, -0.25) is 0 Å². The number of halogens is 2. The van der Waals surface area contributed by atoms with Crippen molar-refractivity contribution in [2.45, 2.75) is 19.2 Å². The molecule has 0 bridgehead atoms. The molecule has 0 saturated heterocycles.